The molecule has 0 N–H and O–H groups in total. The zero-order valence-corrected chi connectivity index (χ0v) is 10.0. The summed E-state index contributed by atoms with van der Waals surface area (Å²) in [5, 5.41) is 0. The molecular weight excluding hydrogens is 246 g/mol. The van der Waals surface area contributed by atoms with Crippen LogP contribution in [0.5, 0.6) is 5.75 Å². The van der Waals surface area contributed by atoms with Crippen molar-refractivity contribution in [2.24, 2.45) is 0 Å². The molecule has 2 heterocycles. The zero-order valence-electron chi connectivity index (χ0n) is 8.44. The summed E-state index contributed by atoms with van der Waals surface area (Å²) in [6.07, 6.45) is 1.56. The highest BCUT2D eigenvalue weighted by molar-refractivity contribution is 7.18. The van der Waals surface area contributed by atoms with Crippen LogP contribution in [0.3, 0.4) is 0 Å². The monoisotopic (exact) mass is 253 g/mol. The number of pyridine rings is 1. The molecule has 0 aliphatic carbocycles. The third-order valence-electron chi connectivity index (χ3n) is 2.00. The minimum absolute atomic E-state index is 0.172. The van der Waals surface area contributed by atoms with E-state index in [0.29, 0.717) is 20.7 Å². The summed E-state index contributed by atoms with van der Waals surface area (Å²) >= 11 is 7.01. The van der Waals surface area contributed by atoms with Gasteiger partial charge in [-0.3, -0.25) is 4.79 Å². The van der Waals surface area contributed by atoms with Gasteiger partial charge in [-0.05, 0) is 24.3 Å². The van der Waals surface area contributed by atoms with Gasteiger partial charge in [-0.2, -0.15) is 0 Å². The highest BCUT2D eigenvalue weighted by Gasteiger charge is 2.17. The molecule has 16 heavy (non-hydrogen) atoms. The Kier molecular flexibility index (Phi) is 3.22. The van der Waals surface area contributed by atoms with Crippen molar-refractivity contribution in [1.29, 1.82) is 0 Å². The average Bonchev–Trinajstić information content (AvgIpc) is 2.75. The van der Waals surface area contributed by atoms with E-state index in [1.165, 1.54) is 18.4 Å². The number of rotatable bonds is 3. The van der Waals surface area contributed by atoms with Crippen LogP contribution in [0.25, 0.3) is 0 Å². The van der Waals surface area contributed by atoms with E-state index in [2.05, 4.69) is 4.98 Å². The van der Waals surface area contributed by atoms with Gasteiger partial charge in [0, 0.05) is 6.20 Å². The second-order valence-electron chi connectivity index (χ2n) is 2.99. The van der Waals surface area contributed by atoms with Crippen LogP contribution in [-0.2, 0) is 0 Å². The maximum Gasteiger partial charge on any atom is 0.225 e. The Morgan fingerprint density at radius 2 is 2.25 bits per heavy atom. The highest BCUT2D eigenvalue weighted by Crippen LogP contribution is 2.26. The Balaban J connectivity index is 2.41. The van der Waals surface area contributed by atoms with Gasteiger partial charge in [0.25, 0.3) is 0 Å². The van der Waals surface area contributed by atoms with Gasteiger partial charge in [0.2, 0.25) is 5.78 Å². The van der Waals surface area contributed by atoms with Crippen LogP contribution in [0.2, 0.25) is 4.34 Å². The number of aromatic nitrogens is 1. The maximum absolute atomic E-state index is 12.0. The number of ether oxygens (including phenoxy) is 1. The van der Waals surface area contributed by atoms with Gasteiger partial charge in [0.1, 0.15) is 5.75 Å². The summed E-state index contributed by atoms with van der Waals surface area (Å²) in [6.45, 7) is 0. The van der Waals surface area contributed by atoms with Crippen molar-refractivity contribution in [2.45, 2.75) is 0 Å². The molecule has 0 bridgehead atoms. The topological polar surface area (TPSA) is 39.2 Å². The Morgan fingerprint density at radius 3 is 2.88 bits per heavy atom. The third kappa shape index (κ3) is 2.08. The molecule has 82 valence electrons. The summed E-state index contributed by atoms with van der Waals surface area (Å²) in [5.41, 5.74) is 0.309. The molecular formula is C11H8ClNO2S. The molecule has 0 atom stereocenters. The molecule has 2 rings (SSSR count). The van der Waals surface area contributed by atoms with Gasteiger partial charge in [0.15, 0.2) is 5.69 Å². The summed E-state index contributed by atoms with van der Waals surface area (Å²) in [5.74, 6) is 0.298. The minimum atomic E-state index is -0.172. The number of nitrogens with zero attached hydrogens (tertiary/aromatic N) is 1. The van der Waals surface area contributed by atoms with Gasteiger partial charge in [-0.15, -0.1) is 11.3 Å². The number of thiophene rings is 1. The van der Waals surface area contributed by atoms with Crippen LogP contribution in [0.4, 0.5) is 0 Å². The lowest BCUT2D eigenvalue weighted by molar-refractivity contribution is 0.103. The summed E-state index contributed by atoms with van der Waals surface area (Å²) in [7, 11) is 1.51. The average molecular weight is 254 g/mol. The Hall–Kier alpha value is -1.39. The normalized spacial score (nSPS) is 10.1. The van der Waals surface area contributed by atoms with Crippen molar-refractivity contribution < 1.29 is 9.53 Å². The van der Waals surface area contributed by atoms with Gasteiger partial charge < -0.3 is 4.74 Å². The first-order chi connectivity index (χ1) is 7.72. The van der Waals surface area contributed by atoms with Crippen molar-refractivity contribution in [3.63, 3.8) is 0 Å². The van der Waals surface area contributed by atoms with Crippen molar-refractivity contribution in [3.05, 3.63) is 45.4 Å². The lowest BCUT2D eigenvalue weighted by atomic mass is 10.2. The van der Waals surface area contributed by atoms with E-state index >= 15 is 0 Å². The molecule has 2 aromatic heterocycles. The third-order valence-corrected chi connectivity index (χ3v) is 3.23. The van der Waals surface area contributed by atoms with E-state index in [1.807, 2.05) is 0 Å². The number of carbonyl (C=O) groups is 1. The van der Waals surface area contributed by atoms with Crippen molar-refractivity contribution in [1.82, 2.24) is 4.98 Å². The summed E-state index contributed by atoms with van der Waals surface area (Å²) in [6, 6.07) is 6.80. The van der Waals surface area contributed by atoms with Crippen molar-refractivity contribution in [2.75, 3.05) is 7.11 Å². The second kappa shape index (κ2) is 4.63. The smallest absolute Gasteiger partial charge is 0.225 e. The molecule has 0 aliphatic rings. The fourth-order valence-corrected chi connectivity index (χ4v) is 2.26. The lowest BCUT2D eigenvalue weighted by Crippen LogP contribution is -2.04. The first-order valence-electron chi connectivity index (χ1n) is 4.51. The van der Waals surface area contributed by atoms with Crippen LogP contribution in [-0.4, -0.2) is 17.9 Å². The van der Waals surface area contributed by atoms with Crippen LogP contribution < -0.4 is 4.74 Å². The van der Waals surface area contributed by atoms with E-state index < -0.39 is 0 Å². The van der Waals surface area contributed by atoms with Crippen molar-refractivity contribution in [3.8, 4) is 5.75 Å². The van der Waals surface area contributed by atoms with Crippen LogP contribution in [0.15, 0.2) is 30.5 Å². The fourth-order valence-electron chi connectivity index (χ4n) is 1.28. The number of hydrogen-bond acceptors (Lipinski definition) is 4. The predicted octanol–water partition coefficient (Wildman–Crippen LogP) is 3.04. The van der Waals surface area contributed by atoms with Gasteiger partial charge in [-0.1, -0.05) is 11.6 Å². The number of methoxy groups -OCH3 is 1. The van der Waals surface area contributed by atoms with Crippen LogP contribution in [0, 0.1) is 0 Å². The van der Waals surface area contributed by atoms with Gasteiger partial charge >= 0.3 is 0 Å². The Labute approximate surface area is 102 Å². The zero-order chi connectivity index (χ0) is 11.5. The SMILES string of the molecule is COc1cccnc1C(=O)c1ccc(Cl)s1. The number of carbonyl (C=O) groups excluding carboxylic acids is 1. The molecule has 0 aromatic carbocycles. The molecule has 0 unspecified atom stereocenters. The maximum atomic E-state index is 12.0. The van der Waals surface area contributed by atoms with Gasteiger partial charge in [-0.25, -0.2) is 4.98 Å². The van der Waals surface area contributed by atoms with Crippen LogP contribution >= 0.6 is 22.9 Å². The number of ketones is 1. The molecule has 0 spiro atoms. The molecule has 3 nitrogen and oxygen atoms in total. The first-order valence-corrected chi connectivity index (χ1v) is 5.71. The quantitative estimate of drug-likeness (QED) is 0.790. The molecule has 0 saturated carbocycles. The predicted molar refractivity (Wildman–Crippen MR) is 63.6 cm³/mol. The van der Waals surface area contributed by atoms with E-state index in [9.17, 15) is 4.79 Å². The molecule has 0 saturated heterocycles. The Morgan fingerprint density at radius 1 is 1.44 bits per heavy atom. The largest absolute Gasteiger partial charge is 0.494 e. The summed E-state index contributed by atoms with van der Waals surface area (Å²) < 4.78 is 5.66. The highest BCUT2D eigenvalue weighted by atomic mass is 35.5. The number of halogens is 1. The lowest BCUT2D eigenvalue weighted by Gasteiger charge is -2.04. The van der Waals surface area contributed by atoms with E-state index in [-0.39, 0.29) is 5.78 Å². The minimum Gasteiger partial charge on any atom is -0.494 e. The molecule has 0 fully saturated rings. The van der Waals surface area contributed by atoms with Gasteiger partial charge in [0.05, 0.1) is 16.3 Å². The second-order valence-corrected chi connectivity index (χ2v) is 4.70. The van der Waals surface area contributed by atoms with Crippen molar-refractivity contribution >= 4 is 28.7 Å². The number of hydrogen-bond donors (Lipinski definition) is 0. The standard InChI is InChI=1S/C11H8ClNO2S/c1-15-7-3-2-6-13-10(7)11(14)8-4-5-9(12)16-8/h2-6H,1H3. The van der Waals surface area contributed by atoms with E-state index in [4.69, 9.17) is 16.3 Å². The van der Waals surface area contributed by atoms with E-state index in [0.717, 1.165) is 0 Å². The molecule has 0 aliphatic heterocycles. The van der Waals surface area contributed by atoms with Crippen LogP contribution in [0.1, 0.15) is 15.4 Å². The molecule has 0 amide bonds. The molecule has 0 radical (unpaired) electrons. The first kappa shape index (κ1) is 11.1. The summed E-state index contributed by atoms with van der Waals surface area (Å²) in [4.78, 5) is 16.6. The fraction of sp³-hybridized carbons (Fsp3) is 0.0909. The Bertz CT molecular complexity index is 524. The molecule has 2 aromatic rings. The molecule has 5 heteroatoms. The van der Waals surface area contributed by atoms with E-state index in [1.54, 1.807) is 30.5 Å².